The molecule has 1 amide bonds. The summed E-state index contributed by atoms with van der Waals surface area (Å²) in [6.45, 7) is 4.58. The largest absolute Gasteiger partial charge is 0.334 e. The highest BCUT2D eigenvalue weighted by atomic mass is 16.2. The van der Waals surface area contributed by atoms with Crippen LogP contribution in [0.5, 0.6) is 0 Å². The number of nitrogens with zero attached hydrogens (tertiary/aromatic N) is 4. The fourth-order valence-electron chi connectivity index (χ4n) is 3.99. The number of aryl methyl sites for hydroxylation is 1. The molecule has 5 nitrogen and oxygen atoms in total. The Morgan fingerprint density at radius 3 is 2.75 bits per heavy atom. The standard InChI is InChI=1S/C19H22N4O/c1-14-3-2-4-16(21-14)13-22-10-7-17-18(22)11-19(24)23(17)12-15-5-8-20-9-6-15/h2-6,8-9,17-18H,7,10-13H2,1H3/t17-,18-/m1/s1. The second-order valence-corrected chi connectivity index (χ2v) is 6.75. The summed E-state index contributed by atoms with van der Waals surface area (Å²) in [5, 5.41) is 0. The summed E-state index contributed by atoms with van der Waals surface area (Å²) in [5.41, 5.74) is 3.29. The molecule has 0 radical (unpaired) electrons. The molecule has 0 N–H and O–H groups in total. The predicted molar refractivity (Wildman–Crippen MR) is 91.0 cm³/mol. The van der Waals surface area contributed by atoms with E-state index in [4.69, 9.17) is 0 Å². The molecular weight excluding hydrogens is 300 g/mol. The van der Waals surface area contributed by atoms with Crippen LogP contribution in [0.2, 0.25) is 0 Å². The Hall–Kier alpha value is -2.27. The van der Waals surface area contributed by atoms with E-state index in [-0.39, 0.29) is 5.91 Å². The number of fused-ring (bicyclic) bond motifs is 1. The fraction of sp³-hybridized carbons (Fsp3) is 0.421. The number of amides is 1. The van der Waals surface area contributed by atoms with Crippen molar-refractivity contribution in [3.8, 4) is 0 Å². The molecule has 24 heavy (non-hydrogen) atoms. The smallest absolute Gasteiger partial charge is 0.224 e. The average molecular weight is 322 g/mol. The van der Waals surface area contributed by atoms with Gasteiger partial charge < -0.3 is 4.90 Å². The molecule has 124 valence electrons. The second kappa shape index (κ2) is 6.32. The highest BCUT2D eigenvalue weighted by Gasteiger charge is 2.46. The van der Waals surface area contributed by atoms with Crippen molar-refractivity contribution < 1.29 is 4.79 Å². The van der Waals surface area contributed by atoms with Gasteiger partial charge in [0.25, 0.3) is 0 Å². The zero-order chi connectivity index (χ0) is 16.5. The molecule has 2 aliphatic heterocycles. The lowest BCUT2D eigenvalue weighted by molar-refractivity contribution is -0.129. The third-order valence-corrected chi connectivity index (χ3v) is 5.14. The van der Waals surface area contributed by atoms with Crippen molar-refractivity contribution in [2.24, 2.45) is 0 Å². The molecule has 2 atom stereocenters. The van der Waals surface area contributed by atoms with E-state index in [1.54, 1.807) is 12.4 Å². The normalized spacial score (nSPS) is 23.7. The fourth-order valence-corrected chi connectivity index (χ4v) is 3.99. The Morgan fingerprint density at radius 2 is 1.96 bits per heavy atom. The minimum absolute atomic E-state index is 0.267. The van der Waals surface area contributed by atoms with Gasteiger partial charge in [-0.05, 0) is 43.2 Å². The summed E-state index contributed by atoms with van der Waals surface area (Å²) in [4.78, 5) is 25.7. The molecule has 0 spiro atoms. The van der Waals surface area contributed by atoms with Gasteiger partial charge in [0, 0.05) is 56.2 Å². The molecule has 0 aliphatic carbocycles. The summed E-state index contributed by atoms with van der Waals surface area (Å²) in [6.07, 6.45) is 5.25. The van der Waals surface area contributed by atoms with E-state index in [9.17, 15) is 4.79 Å². The third-order valence-electron chi connectivity index (χ3n) is 5.14. The third kappa shape index (κ3) is 2.91. The number of rotatable bonds is 4. The lowest BCUT2D eigenvalue weighted by Gasteiger charge is -2.25. The first kappa shape index (κ1) is 15.3. The zero-order valence-corrected chi connectivity index (χ0v) is 13.9. The van der Waals surface area contributed by atoms with E-state index < -0.39 is 0 Å². The van der Waals surface area contributed by atoms with E-state index in [2.05, 4.69) is 31.9 Å². The van der Waals surface area contributed by atoms with Crippen LogP contribution in [-0.2, 0) is 17.9 Å². The number of hydrogen-bond acceptors (Lipinski definition) is 4. The van der Waals surface area contributed by atoms with Crippen LogP contribution in [0.25, 0.3) is 0 Å². The molecule has 2 aromatic rings. The first-order valence-corrected chi connectivity index (χ1v) is 8.55. The number of hydrogen-bond donors (Lipinski definition) is 0. The molecular formula is C19H22N4O. The van der Waals surface area contributed by atoms with Crippen molar-refractivity contribution >= 4 is 5.91 Å². The number of aromatic nitrogens is 2. The second-order valence-electron chi connectivity index (χ2n) is 6.75. The van der Waals surface area contributed by atoms with Crippen molar-refractivity contribution in [3.05, 3.63) is 59.7 Å². The van der Waals surface area contributed by atoms with Crippen LogP contribution in [0.4, 0.5) is 0 Å². The molecule has 2 saturated heterocycles. The van der Waals surface area contributed by atoms with Crippen LogP contribution in [0.1, 0.15) is 29.8 Å². The average Bonchev–Trinajstić information content (AvgIpc) is 3.09. The number of carbonyl (C=O) groups excluding carboxylic acids is 1. The van der Waals surface area contributed by atoms with Gasteiger partial charge in [-0.15, -0.1) is 0 Å². The summed E-state index contributed by atoms with van der Waals surface area (Å²) in [6, 6.07) is 10.8. The van der Waals surface area contributed by atoms with Crippen molar-refractivity contribution in [1.29, 1.82) is 0 Å². The maximum atomic E-state index is 12.5. The van der Waals surface area contributed by atoms with Crippen molar-refractivity contribution in [3.63, 3.8) is 0 Å². The van der Waals surface area contributed by atoms with Crippen LogP contribution in [0.15, 0.2) is 42.7 Å². The minimum Gasteiger partial charge on any atom is -0.334 e. The van der Waals surface area contributed by atoms with Gasteiger partial charge in [-0.3, -0.25) is 19.7 Å². The van der Waals surface area contributed by atoms with Crippen LogP contribution >= 0.6 is 0 Å². The van der Waals surface area contributed by atoms with Crippen LogP contribution in [0.3, 0.4) is 0 Å². The maximum Gasteiger partial charge on any atom is 0.224 e. The lowest BCUT2D eigenvalue weighted by atomic mass is 10.1. The summed E-state index contributed by atoms with van der Waals surface area (Å²) >= 11 is 0. The number of pyridine rings is 2. The van der Waals surface area contributed by atoms with Gasteiger partial charge in [-0.25, -0.2) is 0 Å². The zero-order valence-electron chi connectivity index (χ0n) is 13.9. The van der Waals surface area contributed by atoms with Gasteiger partial charge >= 0.3 is 0 Å². The van der Waals surface area contributed by atoms with Crippen LogP contribution in [-0.4, -0.2) is 44.3 Å². The molecule has 2 aliphatic rings. The molecule has 4 heterocycles. The Bertz CT molecular complexity index is 733. The van der Waals surface area contributed by atoms with E-state index in [0.717, 1.165) is 36.5 Å². The van der Waals surface area contributed by atoms with Crippen LogP contribution < -0.4 is 0 Å². The van der Waals surface area contributed by atoms with Gasteiger partial charge in [-0.1, -0.05) is 6.07 Å². The topological polar surface area (TPSA) is 49.3 Å². The quantitative estimate of drug-likeness (QED) is 0.865. The predicted octanol–water partition coefficient (Wildman–Crippen LogP) is 2.16. The van der Waals surface area contributed by atoms with E-state index in [1.165, 1.54) is 0 Å². The van der Waals surface area contributed by atoms with E-state index in [1.807, 2.05) is 25.1 Å². The Morgan fingerprint density at radius 1 is 1.12 bits per heavy atom. The Balaban J connectivity index is 1.47. The summed E-state index contributed by atoms with van der Waals surface area (Å²) in [7, 11) is 0. The van der Waals surface area contributed by atoms with Crippen LogP contribution in [0, 0.1) is 6.92 Å². The van der Waals surface area contributed by atoms with E-state index in [0.29, 0.717) is 25.0 Å². The van der Waals surface area contributed by atoms with Gasteiger partial charge in [-0.2, -0.15) is 0 Å². The highest BCUT2D eigenvalue weighted by Crippen LogP contribution is 2.34. The Kier molecular flexibility index (Phi) is 4.02. The first-order valence-electron chi connectivity index (χ1n) is 8.55. The number of carbonyl (C=O) groups is 1. The maximum absolute atomic E-state index is 12.5. The highest BCUT2D eigenvalue weighted by molar-refractivity contribution is 5.80. The Labute approximate surface area is 142 Å². The monoisotopic (exact) mass is 322 g/mol. The van der Waals surface area contributed by atoms with Gasteiger partial charge in [0.05, 0.1) is 5.69 Å². The van der Waals surface area contributed by atoms with Gasteiger partial charge in [0.2, 0.25) is 5.91 Å². The SMILES string of the molecule is Cc1cccc(CN2CC[C@@H]3[C@H]2CC(=O)N3Cc2ccncc2)n1. The molecule has 0 aromatic carbocycles. The molecule has 2 aromatic heterocycles. The summed E-state index contributed by atoms with van der Waals surface area (Å²) in [5.74, 6) is 0.267. The van der Waals surface area contributed by atoms with Crippen molar-refractivity contribution in [1.82, 2.24) is 19.8 Å². The van der Waals surface area contributed by atoms with Crippen molar-refractivity contribution in [2.45, 2.75) is 44.9 Å². The molecule has 0 saturated carbocycles. The molecule has 5 heteroatoms. The summed E-state index contributed by atoms with van der Waals surface area (Å²) < 4.78 is 0. The molecule has 0 bridgehead atoms. The van der Waals surface area contributed by atoms with Crippen molar-refractivity contribution in [2.75, 3.05) is 6.54 Å². The molecule has 4 rings (SSSR count). The van der Waals surface area contributed by atoms with E-state index >= 15 is 0 Å². The lowest BCUT2D eigenvalue weighted by Crippen LogP contribution is -2.36. The minimum atomic E-state index is 0.267. The van der Waals surface area contributed by atoms with Gasteiger partial charge in [0.15, 0.2) is 0 Å². The first-order chi connectivity index (χ1) is 11.7. The van der Waals surface area contributed by atoms with Gasteiger partial charge in [0.1, 0.15) is 0 Å². The molecule has 0 unspecified atom stereocenters. The molecule has 2 fully saturated rings. The number of likely N-dealkylation sites (tertiary alicyclic amines) is 2.